The number of benzene rings is 2. The summed E-state index contributed by atoms with van der Waals surface area (Å²) in [6.45, 7) is 2.68. The van der Waals surface area contributed by atoms with Crippen LogP contribution in [0.5, 0.6) is 0 Å². The van der Waals surface area contributed by atoms with E-state index in [4.69, 9.17) is 4.74 Å². The van der Waals surface area contributed by atoms with Gasteiger partial charge in [0.25, 0.3) is 5.91 Å². The summed E-state index contributed by atoms with van der Waals surface area (Å²) >= 11 is -1.27. The zero-order chi connectivity index (χ0) is 24.4. The zero-order valence-corrected chi connectivity index (χ0v) is 19.0. The largest absolute Gasteiger partial charge is 0.616 e. The van der Waals surface area contributed by atoms with Gasteiger partial charge in [0, 0.05) is 5.69 Å². The molecule has 6 nitrogen and oxygen atoms in total. The summed E-state index contributed by atoms with van der Waals surface area (Å²) in [5, 5.41) is 2.46. The second-order valence-corrected chi connectivity index (χ2v) is 9.42. The molecule has 1 N–H and O–H groups in total. The van der Waals surface area contributed by atoms with Crippen molar-refractivity contribution < 1.29 is 32.0 Å². The lowest BCUT2D eigenvalue weighted by Gasteiger charge is -2.40. The lowest BCUT2D eigenvalue weighted by atomic mass is 9.96. The topological polar surface area (TPSA) is 81.7 Å². The normalized spacial score (nSPS) is 15.8. The molecule has 0 fully saturated rings. The van der Waals surface area contributed by atoms with E-state index in [0.29, 0.717) is 5.56 Å². The van der Waals surface area contributed by atoms with Crippen LogP contribution in [0.15, 0.2) is 60.4 Å². The summed E-state index contributed by atoms with van der Waals surface area (Å²) in [6.07, 6.45) is -3.07. The molecular weight excluding hydrogens is 457 g/mol. The van der Waals surface area contributed by atoms with Crippen LogP contribution in [-0.2, 0) is 31.7 Å². The summed E-state index contributed by atoms with van der Waals surface area (Å²) in [4.78, 5) is 27.7. The Bertz CT molecular complexity index is 1070. The first-order valence-electron chi connectivity index (χ1n) is 9.93. The number of carbonyl (C=O) groups excluding carboxylic acids is 2. The van der Waals surface area contributed by atoms with E-state index in [-0.39, 0.29) is 29.5 Å². The second kappa shape index (κ2) is 9.48. The fourth-order valence-electron chi connectivity index (χ4n) is 3.31. The number of nitrogens with zero attached hydrogens (tertiary/aromatic N) is 1. The van der Waals surface area contributed by atoms with Crippen molar-refractivity contribution in [1.29, 1.82) is 0 Å². The van der Waals surface area contributed by atoms with Crippen molar-refractivity contribution in [2.75, 3.05) is 24.1 Å². The first-order chi connectivity index (χ1) is 15.4. The molecule has 0 aliphatic carbocycles. The summed E-state index contributed by atoms with van der Waals surface area (Å²) in [6, 6.07) is 12.9. The third kappa shape index (κ3) is 5.51. The number of carbonyl (C=O) groups is 2. The summed E-state index contributed by atoms with van der Waals surface area (Å²) in [7, 11) is 0. The highest BCUT2D eigenvalue weighted by Gasteiger charge is 2.43. The lowest BCUT2D eigenvalue weighted by molar-refractivity contribution is -0.147. The van der Waals surface area contributed by atoms with Gasteiger partial charge in [-0.1, -0.05) is 36.4 Å². The molecule has 1 heterocycles. The second-order valence-electron chi connectivity index (χ2n) is 7.98. The third-order valence-corrected chi connectivity index (χ3v) is 5.85. The highest BCUT2D eigenvalue weighted by Crippen LogP contribution is 2.33. The first-order valence-corrected chi connectivity index (χ1v) is 11.7. The molecule has 176 valence electrons. The highest BCUT2D eigenvalue weighted by atomic mass is 32.2. The maximum atomic E-state index is 13.5. The maximum absolute atomic E-state index is 13.5. The average molecular weight is 481 g/mol. The lowest BCUT2D eigenvalue weighted by Crippen LogP contribution is -2.57. The quantitative estimate of drug-likeness (QED) is 0.633. The predicted octanol–water partition coefficient (Wildman–Crippen LogP) is 4.03. The van der Waals surface area contributed by atoms with Gasteiger partial charge in [0.2, 0.25) is 5.91 Å². The number of hydrogen-bond donors (Lipinski definition) is 1. The Morgan fingerprint density at radius 1 is 1.15 bits per heavy atom. The van der Waals surface area contributed by atoms with Crippen LogP contribution in [0.2, 0.25) is 0 Å². The zero-order valence-electron chi connectivity index (χ0n) is 18.2. The molecular formula is C23H23F3N2O4S. The van der Waals surface area contributed by atoms with Crippen molar-refractivity contribution in [1.82, 2.24) is 4.90 Å². The van der Waals surface area contributed by atoms with E-state index in [2.05, 4.69) is 5.32 Å². The minimum atomic E-state index is -4.56. The SMILES string of the molecule is C[S+]([O-])CC1=C(c2ccccc2)C(=O)N(C(C)(C)C(=O)Nc2cccc(C(F)(F)F)c2)CO1. The van der Waals surface area contributed by atoms with Gasteiger partial charge in [-0.05, 0) is 48.8 Å². The van der Waals surface area contributed by atoms with Crippen LogP contribution in [0.1, 0.15) is 25.0 Å². The average Bonchev–Trinajstić information content (AvgIpc) is 2.73. The Labute approximate surface area is 192 Å². The van der Waals surface area contributed by atoms with E-state index in [1.807, 2.05) is 0 Å². The Hall–Kier alpha value is -2.98. The van der Waals surface area contributed by atoms with Crippen molar-refractivity contribution in [3.05, 3.63) is 71.5 Å². The van der Waals surface area contributed by atoms with Crippen LogP contribution in [-0.4, -0.2) is 45.5 Å². The molecule has 3 rings (SSSR count). The van der Waals surface area contributed by atoms with E-state index in [1.54, 1.807) is 30.3 Å². The molecule has 2 aromatic carbocycles. The van der Waals surface area contributed by atoms with Gasteiger partial charge >= 0.3 is 6.18 Å². The maximum Gasteiger partial charge on any atom is 0.416 e. The van der Waals surface area contributed by atoms with Gasteiger partial charge in [0.15, 0.2) is 18.2 Å². The van der Waals surface area contributed by atoms with Crippen molar-refractivity contribution >= 4 is 34.3 Å². The van der Waals surface area contributed by atoms with Gasteiger partial charge in [0.05, 0.1) is 17.4 Å². The fourth-order valence-corrected chi connectivity index (χ4v) is 3.91. The van der Waals surface area contributed by atoms with Crippen LogP contribution in [0.4, 0.5) is 18.9 Å². The molecule has 0 radical (unpaired) electrons. The van der Waals surface area contributed by atoms with Gasteiger partial charge in [0.1, 0.15) is 5.54 Å². The first kappa shape index (κ1) is 24.7. The molecule has 1 atom stereocenters. The van der Waals surface area contributed by atoms with Gasteiger partial charge in [-0.3, -0.25) is 14.5 Å². The van der Waals surface area contributed by atoms with Crippen LogP contribution < -0.4 is 5.32 Å². The van der Waals surface area contributed by atoms with E-state index in [1.165, 1.54) is 37.1 Å². The van der Waals surface area contributed by atoms with Crippen LogP contribution >= 0.6 is 0 Å². The minimum absolute atomic E-state index is 0.0284. The van der Waals surface area contributed by atoms with Gasteiger partial charge in [-0.15, -0.1) is 0 Å². The molecule has 1 aliphatic heterocycles. The number of alkyl halides is 3. The van der Waals surface area contributed by atoms with Gasteiger partial charge in [-0.2, -0.15) is 13.2 Å². The number of hydrogen-bond acceptors (Lipinski definition) is 4. The van der Waals surface area contributed by atoms with Crippen molar-refractivity contribution in [2.24, 2.45) is 0 Å². The molecule has 0 bridgehead atoms. The standard InChI is InChI=1S/C23H23F3N2O4S/c1-22(2,21(30)27-17-11-7-10-16(12-17)23(24,25)26)28-14-32-18(13-33(3)31)19(20(28)29)15-8-5-4-6-9-15/h4-12H,13-14H2,1-3H3,(H,27,30). The summed E-state index contributed by atoms with van der Waals surface area (Å²) in [5.41, 5.74) is -1.68. The summed E-state index contributed by atoms with van der Waals surface area (Å²) in [5.74, 6) is -0.899. The number of rotatable bonds is 6. The third-order valence-electron chi connectivity index (χ3n) is 5.18. The van der Waals surface area contributed by atoms with Gasteiger partial charge < -0.3 is 14.6 Å². The van der Waals surface area contributed by atoms with E-state index in [0.717, 1.165) is 12.1 Å². The number of amides is 2. The molecule has 0 aromatic heterocycles. The number of halogens is 3. The molecule has 0 saturated carbocycles. The Balaban J connectivity index is 1.90. The van der Waals surface area contributed by atoms with Crippen molar-refractivity contribution in [2.45, 2.75) is 25.6 Å². The smallest absolute Gasteiger partial charge is 0.416 e. The fraction of sp³-hybridized carbons (Fsp3) is 0.304. The van der Waals surface area contributed by atoms with E-state index < -0.39 is 40.3 Å². The van der Waals surface area contributed by atoms with Crippen molar-refractivity contribution in [3.8, 4) is 0 Å². The summed E-state index contributed by atoms with van der Waals surface area (Å²) < 4.78 is 56.6. The Morgan fingerprint density at radius 3 is 2.42 bits per heavy atom. The van der Waals surface area contributed by atoms with Crippen LogP contribution in [0, 0.1) is 0 Å². The van der Waals surface area contributed by atoms with E-state index in [9.17, 15) is 27.3 Å². The highest BCUT2D eigenvalue weighted by molar-refractivity contribution is 7.90. The minimum Gasteiger partial charge on any atom is -0.616 e. The Kier molecular flexibility index (Phi) is 7.08. The molecule has 0 saturated heterocycles. The molecule has 2 aromatic rings. The monoisotopic (exact) mass is 480 g/mol. The van der Waals surface area contributed by atoms with Crippen molar-refractivity contribution in [3.63, 3.8) is 0 Å². The number of nitrogens with one attached hydrogen (secondary N) is 1. The molecule has 0 spiro atoms. The molecule has 10 heteroatoms. The number of ether oxygens (including phenoxy) is 1. The van der Waals surface area contributed by atoms with Gasteiger partial charge in [-0.25, -0.2) is 0 Å². The number of anilines is 1. The van der Waals surface area contributed by atoms with Crippen LogP contribution in [0.25, 0.3) is 5.57 Å². The Morgan fingerprint density at radius 2 is 1.82 bits per heavy atom. The van der Waals surface area contributed by atoms with Crippen LogP contribution in [0.3, 0.4) is 0 Å². The molecule has 2 amide bonds. The predicted molar refractivity (Wildman–Crippen MR) is 119 cm³/mol. The molecule has 33 heavy (non-hydrogen) atoms. The molecule has 1 aliphatic rings. The van der Waals surface area contributed by atoms with E-state index >= 15 is 0 Å². The molecule has 1 unspecified atom stereocenters.